The van der Waals surface area contributed by atoms with Gasteiger partial charge in [-0.25, -0.2) is 9.80 Å². The second-order valence-corrected chi connectivity index (χ2v) is 8.22. The third-order valence-electron chi connectivity index (χ3n) is 5.49. The average Bonchev–Trinajstić information content (AvgIpc) is 2.71. The molecule has 3 heterocycles. The van der Waals surface area contributed by atoms with Gasteiger partial charge in [0.1, 0.15) is 0 Å². The normalized spacial score (nSPS) is 18.2. The molecule has 2 aromatic rings. The van der Waals surface area contributed by atoms with E-state index >= 15 is 0 Å². The van der Waals surface area contributed by atoms with Crippen LogP contribution < -0.4 is 5.32 Å². The maximum Gasteiger partial charge on any atom is 0.322 e. The maximum atomic E-state index is 12.6. The van der Waals surface area contributed by atoms with Crippen molar-refractivity contribution in [1.82, 2.24) is 14.9 Å². The van der Waals surface area contributed by atoms with Gasteiger partial charge < -0.3 is 10.2 Å². The quantitative estimate of drug-likeness (QED) is 0.853. The fraction of sp³-hybridized carbons (Fsp3) is 0.364. The van der Waals surface area contributed by atoms with E-state index in [1.165, 1.54) is 10.6 Å². The van der Waals surface area contributed by atoms with Crippen LogP contribution in [0.3, 0.4) is 0 Å². The highest BCUT2D eigenvalue weighted by Gasteiger charge is 2.36. The summed E-state index contributed by atoms with van der Waals surface area (Å²) in [6.45, 7) is 5.06. The second-order valence-electron chi connectivity index (χ2n) is 8.22. The van der Waals surface area contributed by atoms with Crippen molar-refractivity contribution in [3.8, 4) is 0 Å². The van der Waals surface area contributed by atoms with E-state index in [0.717, 1.165) is 29.1 Å². The van der Waals surface area contributed by atoms with E-state index in [4.69, 9.17) is 0 Å². The first-order chi connectivity index (χ1) is 13.8. The van der Waals surface area contributed by atoms with E-state index in [9.17, 15) is 9.59 Å². The van der Waals surface area contributed by atoms with Crippen LogP contribution in [0.25, 0.3) is 0 Å². The van der Waals surface area contributed by atoms with Gasteiger partial charge in [-0.2, -0.15) is 5.10 Å². The minimum atomic E-state index is -0.475. The molecule has 0 spiro atoms. The summed E-state index contributed by atoms with van der Waals surface area (Å²) in [5.41, 5.74) is 4.24. The van der Waals surface area contributed by atoms with Gasteiger partial charge in [0.15, 0.2) is 0 Å². The molecule has 1 aromatic carbocycles. The van der Waals surface area contributed by atoms with Crippen molar-refractivity contribution in [3.63, 3.8) is 0 Å². The third-order valence-corrected chi connectivity index (χ3v) is 5.49. The van der Waals surface area contributed by atoms with E-state index < -0.39 is 5.41 Å². The Morgan fingerprint density at radius 3 is 2.66 bits per heavy atom. The molecule has 0 fully saturated rings. The number of nitrogens with zero attached hydrogens (tertiary/aromatic N) is 4. The van der Waals surface area contributed by atoms with Crippen molar-refractivity contribution in [2.45, 2.75) is 33.2 Å². The van der Waals surface area contributed by atoms with Crippen molar-refractivity contribution in [2.24, 2.45) is 10.5 Å². The van der Waals surface area contributed by atoms with Crippen LogP contribution in [0.5, 0.6) is 0 Å². The number of carbonyl (C=O) groups excluding carboxylic acids is 2. The van der Waals surface area contributed by atoms with Crippen molar-refractivity contribution < 1.29 is 9.59 Å². The van der Waals surface area contributed by atoms with E-state index in [1.54, 1.807) is 18.1 Å². The molecule has 150 valence electrons. The van der Waals surface area contributed by atoms with Crippen LogP contribution in [0, 0.1) is 5.41 Å². The molecular weight excluding hydrogens is 366 g/mol. The van der Waals surface area contributed by atoms with Crippen LogP contribution in [0.15, 0.2) is 47.7 Å². The number of urea groups is 1. The zero-order valence-corrected chi connectivity index (χ0v) is 17.0. The van der Waals surface area contributed by atoms with Crippen molar-refractivity contribution >= 4 is 23.3 Å². The number of carbonyl (C=O) groups is 2. The molecule has 0 saturated carbocycles. The number of hydrazone groups is 1. The lowest BCUT2D eigenvalue weighted by Crippen LogP contribution is -2.42. The number of hydrogen-bond acceptors (Lipinski definition) is 4. The Bertz CT molecular complexity index is 981. The van der Waals surface area contributed by atoms with Crippen LogP contribution in [-0.2, 0) is 17.8 Å². The van der Waals surface area contributed by atoms with Crippen LogP contribution in [0.4, 0.5) is 10.5 Å². The van der Waals surface area contributed by atoms with Crippen molar-refractivity contribution in [2.75, 3.05) is 18.9 Å². The van der Waals surface area contributed by atoms with Gasteiger partial charge in [0.05, 0.1) is 23.4 Å². The molecule has 29 heavy (non-hydrogen) atoms. The monoisotopic (exact) mass is 391 g/mol. The van der Waals surface area contributed by atoms with Gasteiger partial charge in [0.25, 0.3) is 0 Å². The Kier molecular flexibility index (Phi) is 4.82. The van der Waals surface area contributed by atoms with E-state index in [0.29, 0.717) is 19.5 Å². The Morgan fingerprint density at radius 1 is 1.17 bits per heavy atom. The zero-order chi connectivity index (χ0) is 20.6. The van der Waals surface area contributed by atoms with Gasteiger partial charge in [0, 0.05) is 31.9 Å². The average molecular weight is 391 g/mol. The van der Waals surface area contributed by atoms with Gasteiger partial charge >= 0.3 is 6.03 Å². The molecule has 7 nitrogen and oxygen atoms in total. The predicted octanol–water partition coefficient (Wildman–Crippen LogP) is 3.26. The summed E-state index contributed by atoms with van der Waals surface area (Å²) in [4.78, 5) is 31.0. The number of fused-ring (bicyclic) bond motifs is 1. The SMILES string of the molecule is CN1N=C(c2ccc(NC(=O)N3CCc4cccnc4C3)cc2)CC(C)(C)C1=O. The molecule has 3 amide bonds. The number of aromatic nitrogens is 1. The zero-order valence-electron chi connectivity index (χ0n) is 17.0. The van der Waals surface area contributed by atoms with Crippen LogP contribution in [-0.4, -0.2) is 46.1 Å². The highest BCUT2D eigenvalue weighted by atomic mass is 16.2. The highest BCUT2D eigenvalue weighted by molar-refractivity contribution is 6.06. The number of amides is 3. The number of pyridine rings is 1. The molecule has 0 unspecified atom stereocenters. The Morgan fingerprint density at radius 2 is 1.93 bits per heavy atom. The second kappa shape index (κ2) is 7.31. The molecular formula is C22H25N5O2. The van der Waals surface area contributed by atoms with Gasteiger partial charge in [-0.1, -0.05) is 32.0 Å². The smallest absolute Gasteiger partial charge is 0.318 e. The lowest BCUT2D eigenvalue weighted by molar-refractivity contribution is -0.139. The molecule has 0 saturated heterocycles. The van der Waals surface area contributed by atoms with Crippen LogP contribution in [0.2, 0.25) is 0 Å². The van der Waals surface area contributed by atoms with E-state index in [-0.39, 0.29) is 11.9 Å². The number of nitrogens with one attached hydrogen (secondary N) is 1. The molecule has 0 aliphatic carbocycles. The molecule has 1 N–H and O–H groups in total. The topological polar surface area (TPSA) is 77.9 Å². The van der Waals surface area contributed by atoms with Crippen molar-refractivity contribution in [1.29, 1.82) is 0 Å². The molecule has 2 aliphatic heterocycles. The molecule has 7 heteroatoms. The van der Waals surface area contributed by atoms with E-state index in [1.807, 2.05) is 44.2 Å². The first-order valence-corrected chi connectivity index (χ1v) is 9.78. The van der Waals surface area contributed by atoms with E-state index in [2.05, 4.69) is 21.5 Å². The maximum absolute atomic E-state index is 12.6. The fourth-order valence-corrected chi connectivity index (χ4v) is 3.83. The first-order valence-electron chi connectivity index (χ1n) is 9.78. The third kappa shape index (κ3) is 3.85. The molecule has 1 aromatic heterocycles. The summed E-state index contributed by atoms with van der Waals surface area (Å²) in [7, 11) is 1.68. The Hall–Kier alpha value is -3.22. The fourth-order valence-electron chi connectivity index (χ4n) is 3.83. The van der Waals surface area contributed by atoms with Gasteiger partial charge in [-0.05, 0) is 35.7 Å². The first kappa shape index (κ1) is 19.1. The Labute approximate surface area is 170 Å². The largest absolute Gasteiger partial charge is 0.322 e. The van der Waals surface area contributed by atoms with Gasteiger partial charge in [0.2, 0.25) is 5.91 Å². The number of rotatable bonds is 2. The summed E-state index contributed by atoms with van der Waals surface area (Å²) >= 11 is 0. The molecule has 0 bridgehead atoms. The van der Waals surface area contributed by atoms with Gasteiger partial charge in [-0.3, -0.25) is 9.78 Å². The standard InChI is InChI=1S/C22H25N5O2/c1-22(2)13-18(25-26(3)20(22)28)16-6-8-17(9-7-16)24-21(29)27-12-10-15-5-4-11-23-19(15)14-27/h4-9,11H,10,12-14H2,1-3H3,(H,24,29). The van der Waals surface area contributed by atoms with Gasteiger partial charge in [-0.15, -0.1) is 0 Å². The number of benzene rings is 1. The number of hydrogen-bond donors (Lipinski definition) is 1. The minimum absolute atomic E-state index is 0.0164. The summed E-state index contributed by atoms with van der Waals surface area (Å²) < 4.78 is 0. The lowest BCUT2D eigenvalue weighted by Gasteiger charge is -2.32. The molecule has 2 aliphatic rings. The molecule has 4 rings (SSSR count). The highest BCUT2D eigenvalue weighted by Crippen LogP contribution is 2.30. The van der Waals surface area contributed by atoms with Crippen LogP contribution in [0.1, 0.15) is 37.1 Å². The summed E-state index contributed by atoms with van der Waals surface area (Å²) in [6.07, 6.45) is 3.17. The molecule has 0 atom stereocenters. The summed E-state index contributed by atoms with van der Waals surface area (Å²) in [6, 6.07) is 11.5. The van der Waals surface area contributed by atoms with Crippen molar-refractivity contribution in [3.05, 3.63) is 59.4 Å². The summed E-state index contributed by atoms with van der Waals surface area (Å²) in [5, 5.41) is 8.79. The minimum Gasteiger partial charge on any atom is -0.318 e. The Balaban J connectivity index is 1.43. The van der Waals surface area contributed by atoms with Crippen LogP contribution >= 0.6 is 0 Å². The predicted molar refractivity (Wildman–Crippen MR) is 112 cm³/mol. The molecule has 0 radical (unpaired) electrons. The number of anilines is 1. The summed E-state index contributed by atoms with van der Waals surface area (Å²) in [5.74, 6) is 0.0164. The lowest BCUT2D eigenvalue weighted by atomic mass is 9.83.